The van der Waals surface area contributed by atoms with Crippen molar-refractivity contribution in [1.82, 2.24) is 9.13 Å². The fourth-order valence-electron chi connectivity index (χ4n) is 8.20. The van der Waals surface area contributed by atoms with E-state index in [4.69, 9.17) is 0 Å². The Hall–Kier alpha value is -5.86. The van der Waals surface area contributed by atoms with E-state index in [1.165, 1.54) is 88.4 Å². The molecule has 1 aliphatic carbocycles. The summed E-state index contributed by atoms with van der Waals surface area (Å²) >= 11 is 0. The standard InChI is InChI=1S/C46H36N2/c1-5-15-40-34(6-2)36-28-39-38-27-31(23-25-44(38)48(33-18-11-8-12-19-33)45(39)29-41(36)46(40,3)4)30-22-24-43-37(26-30)35-20-13-14-21-42(35)47(43)32-16-9-7-10-17-32/h5-29H,1H2,2-4H3/b34-6-,40-15?. The van der Waals surface area contributed by atoms with Gasteiger partial charge in [-0.2, -0.15) is 0 Å². The van der Waals surface area contributed by atoms with Crippen LogP contribution in [0.5, 0.6) is 0 Å². The zero-order valence-electron chi connectivity index (χ0n) is 27.5. The van der Waals surface area contributed by atoms with E-state index >= 15 is 0 Å². The summed E-state index contributed by atoms with van der Waals surface area (Å²) < 4.78 is 4.81. The zero-order valence-corrected chi connectivity index (χ0v) is 27.5. The number of rotatable bonds is 4. The Labute approximate surface area is 281 Å². The molecule has 6 aromatic carbocycles. The molecule has 0 saturated carbocycles. The average Bonchev–Trinajstić information content (AvgIpc) is 3.70. The first-order valence-corrected chi connectivity index (χ1v) is 16.8. The van der Waals surface area contributed by atoms with Crippen molar-refractivity contribution >= 4 is 49.2 Å². The number of fused-ring (bicyclic) bond motifs is 7. The minimum absolute atomic E-state index is 0.128. The minimum atomic E-state index is -0.128. The SMILES string of the molecule is C=CC=C1/C(=C\C)c2cc3c4cc(-c5ccc6c(c5)c5ccccc5n6-c5ccccc5)ccc4n(-c4ccccc4)c3cc2C1(C)C. The van der Waals surface area contributed by atoms with Gasteiger partial charge in [0.15, 0.2) is 0 Å². The van der Waals surface area contributed by atoms with E-state index in [1.807, 2.05) is 6.08 Å². The topological polar surface area (TPSA) is 9.86 Å². The van der Waals surface area contributed by atoms with Gasteiger partial charge in [0.2, 0.25) is 0 Å². The van der Waals surface area contributed by atoms with Gasteiger partial charge in [-0.05, 0) is 107 Å². The molecule has 0 unspecified atom stereocenters. The highest BCUT2D eigenvalue weighted by Gasteiger charge is 2.38. The van der Waals surface area contributed by atoms with Crippen LogP contribution >= 0.6 is 0 Å². The highest BCUT2D eigenvalue weighted by Crippen LogP contribution is 2.52. The zero-order chi connectivity index (χ0) is 32.6. The molecular weight excluding hydrogens is 581 g/mol. The molecular formula is C46H36N2. The van der Waals surface area contributed by atoms with Crippen molar-refractivity contribution < 1.29 is 0 Å². The second-order valence-electron chi connectivity index (χ2n) is 13.4. The van der Waals surface area contributed by atoms with Crippen LogP contribution in [0.1, 0.15) is 31.9 Å². The van der Waals surface area contributed by atoms with Gasteiger partial charge in [-0.25, -0.2) is 0 Å². The Morgan fingerprint density at radius 3 is 1.67 bits per heavy atom. The van der Waals surface area contributed by atoms with Crippen LogP contribution in [0, 0.1) is 0 Å². The highest BCUT2D eigenvalue weighted by molar-refractivity contribution is 6.14. The Balaban J connectivity index is 1.30. The maximum absolute atomic E-state index is 4.04. The number of hydrogen-bond acceptors (Lipinski definition) is 0. The van der Waals surface area contributed by atoms with Crippen LogP contribution in [-0.2, 0) is 5.41 Å². The predicted octanol–water partition coefficient (Wildman–Crippen LogP) is 12.4. The van der Waals surface area contributed by atoms with Crippen molar-refractivity contribution in [3.05, 3.63) is 175 Å². The molecule has 0 radical (unpaired) electrons. The fraction of sp³-hybridized carbons (Fsp3) is 0.0870. The van der Waals surface area contributed by atoms with Crippen LogP contribution in [-0.4, -0.2) is 9.13 Å². The lowest BCUT2D eigenvalue weighted by atomic mass is 9.82. The number of hydrogen-bond donors (Lipinski definition) is 0. The first-order chi connectivity index (χ1) is 23.5. The van der Waals surface area contributed by atoms with Gasteiger partial charge in [0.25, 0.3) is 0 Å². The lowest BCUT2D eigenvalue weighted by Gasteiger charge is -2.22. The van der Waals surface area contributed by atoms with Crippen molar-refractivity contribution in [3.8, 4) is 22.5 Å². The van der Waals surface area contributed by atoms with Crippen molar-refractivity contribution in [2.75, 3.05) is 0 Å². The van der Waals surface area contributed by atoms with E-state index < -0.39 is 0 Å². The van der Waals surface area contributed by atoms with Crippen molar-refractivity contribution in [3.63, 3.8) is 0 Å². The van der Waals surface area contributed by atoms with Gasteiger partial charge in [-0.1, -0.05) is 105 Å². The van der Waals surface area contributed by atoms with Crippen LogP contribution < -0.4 is 0 Å². The third-order valence-electron chi connectivity index (χ3n) is 10.4. The van der Waals surface area contributed by atoms with Gasteiger partial charge in [0, 0.05) is 38.3 Å². The molecule has 48 heavy (non-hydrogen) atoms. The lowest BCUT2D eigenvalue weighted by molar-refractivity contribution is 0.661. The van der Waals surface area contributed by atoms with Gasteiger partial charge >= 0.3 is 0 Å². The molecule has 2 nitrogen and oxygen atoms in total. The highest BCUT2D eigenvalue weighted by atomic mass is 15.0. The molecule has 0 saturated heterocycles. The number of nitrogens with zero attached hydrogens (tertiary/aromatic N) is 2. The first-order valence-electron chi connectivity index (χ1n) is 16.8. The van der Waals surface area contributed by atoms with Crippen LogP contribution in [0.25, 0.3) is 71.7 Å². The summed E-state index contributed by atoms with van der Waals surface area (Å²) in [5.41, 5.74) is 14.8. The summed E-state index contributed by atoms with van der Waals surface area (Å²) in [6, 6.07) is 49.0. The van der Waals surface area contributed by atoms with E-state index in [9.17, 15) is 0 Å². The molecule has 2 heterocycles. The van der Waals surface area contributed by atoms with Crippen molar-refractivity contribution in [2.24, 2.45) is 0 Å². The van der Waals surface area contributed by atoms with Crippen molar-refractivity contribution in [1.29, 1.82) is 0 Å². The van der Waals surface area contributed by atoms with Crippen LogP contribution in [0.3, 0.4) is 0 Å². The van der Waals surface area contributed by atoms with Gasteiger partial charge in [-0.3, -0.25) is 0 Å². The van der Waals surface area contributed by atoms with Gasteiger partial charge in [-0.15, -0.1) is 0 Å². The van der Waals surface area contributed by atoms with E-state index in [0.717, 1.165) is 0 Å². The summed E-state index contributed by atoms with van der Waals surface area (Å²) in [6.45, 7) is 10.9. The summed E-state index contributed by atoms with van der Waals surface area (Å²) in [5.74, 6) is 0. The predicted molar refractivity (Wildman–Crippen MR) is 206 cm³/mol. The molecule has 0 bridgehead atoms. The summed E-state index contributed by atoms with van der Waals surface area (Å²) in [4.78, 5) is 0. The number of allylic oxidation sites excluding steroid dienone is 5. The maximum atomic E-state index is 4.04. The smallest absolute Gasteiger partial charge is 0.0544 e. The Morgan fingerprint density at radius 2 is 1.06 bits per heavy atom. The molecule has 0 amide bonds. The van der Waals surface area contributed by atoms with Crippen LogP contribution in [0.2, 0.25) is 0 Å². The third-order valence-corrected chi connectivity index (χ3v) is 10.4. The maximum Gasteiger partial charge on any atom is 0.0544 e. The van der Waals surface area contributed by atoms with E-state index in [1.54, 1.807) is 0 Å². The largest absolute Gasteiger partial charge is 0.309 e. The molecule has 0 spiro atoms. The molecule has 0 atom stereocenters. The molecule has 2 aromatic heterocycles. The Kier molecular flexibility index (Phi) is 6.26. The third kappa shape index (κ3) is 3.99. The van der Waals surface area contributed by atoms with E-state index in [2.05, 4.69) is 182 Å². The lowest BCUT2D eigenvalue weighted by Crippen LogP contribution is -2.15. The number of para-hydroxylation sites is 3. The average molecular weight is 617 g/mol. The Morgan fingerprint density at radius 1 is 0.542 bits per heavy atom. The summed E-state index contributed by atoms with van der Waals surface area (Å²) in [5, 5.41) is 5.06. The van der Waals surface area contributed by atoms with Crippen LogP contribution in [0.4, 0.5) is 0 Å². The molecule has 8 aromatic rings. The molecule has 9 rings (SSSR count). The van der Waals surface area contributed by atoms with Crippen molar-refractivity contribution in [2.45, 2.75) is 26.2 Å². The second kappa shape index (κ2) is 10.6. The molecule has 0 N–H and O–H groups in total. The van der Waals surface area contributed by atoms with Crippen LogP contribution in [0.15, 0.2) is 164 Å². The molecule has 230 valence electrons. The second-order valence-corrected chi connectivity index (χ2v) is 13.4. The minimum Gasteiger partial charge on any atom is -0.309 e. The number of benzene rings is 6. The summed E-state index contributed by atoms with van der Waals surface area (Å²) in [6.07, 6.45) is 6.37. The fourth-order valence-corrected chi connectivity index (χ4v) is 8.20. The van der Waals surface area contributed by atoms with Gasteiger partial charge in [0.05, 0.1) is 22.1 Å². The molecule has 0 fully saturated rings. The van der Waals surface area contributed by atoms with E-state index in [0.29, 0.717) is 0 Å². The quantitative estimate of drug-likeness (QED) is 0.186. The van der Waals surface area contributed by atoms with Gasteiger partial charge in [0.1, 0.15) is 0 Å². The molecule has 2 heteroatoms. The molecule has 0 aliphatic heterocycles. The first kappa shape index (κ1) is 28.4. The van der Waals surface area contributed by atoms with E-state index in [-0.39, 0.29) is 5.41 Å². The van der Waals surface area contributed by atoms with Gasteiger partial charge < -0.3 is 9.13 Å². The monoisotopic (exact) mass is 616 g/mol. The Bertz CT molecular complexity index is 2640. The summed E-state index contributed by atoms with van der Waals surface area (Å²) in [7, 11) is 0. The molecule has 1 aliphatic rings. The number of aromatic nitrogens is 2. The normalized spacial score (nSPS) is 15.7.